The summed E-state index contributed by atoms with van der Waals surface area (Å²) in [5, 5.41) is 14.8. The Kier molecular flexibility index (Phi) is 5.81. The van der Waals surface area contributed by atoms with Crippen LogP contribution in [-0.4, -0.2) is 39.2 Å². The highest BCUT2D eigenvalue weighted by Gasteiger charge is 2.25. The third kappa shape index (κ3) is 4.56. The van der Waals surface area contributed by atoms with Gasteiger partial charge in [-0.25, -0.2) is 8.42 Å². The molecule has 2 aromatic rings. The molecule has 0 saturated carbocycles. The van der Waals surface area contributed by atoms with E-state index in [9.17, 15) is 18.5 Å². The lowest BCUT2D eigenvalue weighted by Gasteiger charge is -2.21. The molecule has 1 atom stereocenters. The fourth-order valence-electron chi connectivity index (χ4n) is 3.47. The van der Waals surface area contributed by atoms with Gasteiger partial charge in [0.2, 0.25) is 0 Å². The van der Waals surface area contributed by atoms with Crippen molar-refractivity contribution in [1.82, 2.24) is 0 Å². The number of rotatable bonds is 6. The summed E-state index contributed by atoms with van der Waals surface area (Å²) in [6.45, 7) is 4.35. The predicted molar refractivity (Wildman–Crippen MR) is 111 cm³/mol. The second-order valence-corrected chi connectivity index (χ2v) is 9.54. The number of non-ortho nitro benzene ring substituents is 1. The van der Waals surface area contributed by atoms with Gasteiger partial charge in [0.25, 0.3) is 5.69 Å². The van der Waals surface area contributed by atoms with Crippen molar-refractivity contribution < 1.29 is 13.3 Å². The van der Waals surface area contributed by atoms with Crippen molar-refractivity contribution in [2.24, 2.45) is 5.92 Å². The summed E-state index contributed by atoms with van der Waals surface area (Å²) in [4.78, 5) is 12.6. The van der Waals surface area contributed by atoms with E-state index in [0.29, 0.717) is 23.2 Å². The van der Waals surface area contributed by atoms with Crippen molar-refractivity contribution in [3.8, 4) is 0 Å². The highest BCUT2D eigenvalue weighted by atomic mass is 35.5. The Morgan fingerprint density at radius 1 is 1.29 bits per heavy atom. The van der Waals surface area contributed by atoms with Gasteiger partial charge >= 0.3 is 0 Å². The maximum atomic E-state index is 12.0. The van der Waals surface area contributed by atoms with E-state index < -0.39 is 14.8 Å². The number of benzene rings is 2. The van der Waals surface area contributed by atoms with Gasteiger partial charge in [0.1, 0.15) is 0 Å². The number of anilines is 2. The van der Waals surface area contributed by atoms with Crippen LogP contribution in [0.25, 0.3) is 0 Å². The Morgan fingerprint density at radius 2 is 2.04 bits per heavy atom. The number of nitro benzene ring substituents is 1. The van der Waals surface area contributed by atoms with Crippen molar-refractivity contribution >= 4 is 38.5 Å². The maximum Gasteiger partial charge on any atom is 0.270 e. The first kappa shape index (κ1) is 20.4. The second kappa shape index (κ2) is 7.97. The average molecular weight is 424 g/mol. The molecule has 0 aliphatic carbocycles. The van der Waals surface area contributed by atoms with Crippen molar-refractivity contribution in [2.45, 2.75) is 18.2 Å². The van der Waals surface area contributed by atoms with Crippen LogP contribution >= 0.6 is 11.6 Å². The number of hydrogen-bond acceptors (Lipinski definition) is 6. The van der Waals surface area contributed by atoms with Crippen molar-refractivity contribution in [1.29, 1.82) is 0 Å². The first-order chi connectivity index (χ1) is 13.1. The molecule has 0 radical (unpaired) electrons. The minimum Gasteiger partial charge on any atom is -0.384 e. The van der Waals surface area contributed by atoms with Gasteiger partial charge in [0.15, 0.2) is 9.84 Å². The highest BCUT2D eigenvalue weighted by molar-refractivity contribution is 7.90. The molecule has 1 N–H and O–H groups in total. The van der Waals surface area contributed by atoms with Gasteiger partial charge < -0.3 is 10.2 Å². The van der Waals surface area contributed by atoms with Crippen LogP contribution in [0.5, 0.6) is 0 Å². The van der Waals surface area contributed by atoms with Gasteiger partial charge in [-0.15, -0.1) is 0 Å². The summed E-state index contributed by atoms with van der Waals surface area (Å²) in [6, 6.07) is 9.71. The molecule has 9 heteroatoms. The fourth-order valence-corrected chi connectivity index (χ4v) is 4.51. The molecular weight excluding hydrogens is 402 g/mol. The van der Waals surface area contributed by atoms with Gasteiger partial charge in [0, 0.05) is 48.7 Å². The molecule has 7 nitrogen and oxygen atoms in total. The quantitative estimate of drug-likeness (QED) is 0.559. The van der Waals surface area contributed by atoms with Gasteiger partial charge in [-0.3, -0.25) is 10.1 Å². The number of nitrogens with one attached hydrogen (secondary N) is 1. The molecule has 0 aromatic heterocycles. The van der Waals surface area contributed by atoms with Gasteiger partial charge in [-0.2, -0.15) is 0 Å². The molecule has 150 valence electrons. The second-order valence-electron chi connectivity index (χ2n) is 7.12. The molecule has 1 aliphatic rings. The summed E-state index contributed by atoms with van der Waals surface area (Å²) >= 11 is 6.12. The van der Waals surface area contributed by atoms with Crippen molar-refractivity contribution in [3.63, 3.8) is 0 Å². The molecular formula is C19H22ClN3O4S. The van der Waals surface area contributed by atoms with E-state index >= 15 is 0 Å². The first-order valence-corrected chi connectivity index (χ1v) is 11.2. The van der Waals surface area contributed by atoms with E-state index in [1.807, 2.05) is 25.1 Å². The SMILES string of the molecule is Cc1ccc(Cl)cc1N1CCC(CNc2ccc([N+](=O)[O-])cc2S(C)(=O)=O)C1. The average Bonchev–Trinajstić information content (AvgIpc) is 3.09. The van der Waals surface area contributed by atoms with Crippen LogP contribution in [0.15, 0.2) is 41.3 Å². The Morgan fingerprint density at radius 3 is 2.71 bits per heavy atom. The van der Waals surface area contributed by atoms with Crippen LogP contribution in [-0.2, 0) is 9.84 Å². The molecule has 3 rings (SSSR count). The number of sulfone groups is 1. The van der Waals surface area contributed by atoms with E-state index in [1.165, 1.54) is 12.1 Å². The fraction of sp³-hybridized carbons (Fsp3) is 0.368. The number of halogens is 1. The Hall–Kier alpha value is -2.32. The van der Waals surface area contributed by atoms with Gasteiger partial charge in [-0.05, 0) is 43.0 Å². The summed E-state index contributed by atoms with van der Waals surface area (Å²) < 4.78 is 24.1. The minimum atomic E-state index is -3.59. The zero-order chi connectivity index (χ0) is 20.5. The molecule has 28 heavy (non-hydrogen) atoms. The van der Waals surface area contributed by atoms with Crippen LogP contribution in [0.2, 0.25) is 5.02 Å². The summed E-state index contributed by atoms with van der Waals surface area (Å²) in [5.41, 5.74) is 2.43. The molecule has 0 amide bonds. The van der Waals surface area contributed by atoms with Crippen LogP contribution in [0.3, 0.4) is 0 Å². The monoisotopic (exact) mass is 423 g/mol. The van der Waals surface area contributed by atoms with E-state index in [2.05, 4.69) is 10.2 Å². The molecule has 1 saturated heterocycles. The van der Waals surface area contributed by atoms with Crippen molar-refractivity contribution in [3.05, 3.63) is 57.1 Å². The van der Waals surface area contributed by atoms with Crippen LogP contribution in [0.1, 0.15) is 12.0 Å². The standard InChI is InChI=1S/C19H22ClN3O4S/c1-13-3-4-15(20)9-18(13)22-8-7-14(12-22)11-21-17-6-5-16(23(24)25)10-19(17)28(2,26)27/h3-6,9-10,14,21H,7-8,11-12H2,1-2H3. The number of aryl methyl sites for hydroxylation is 1. The van der Waals surface area contributed by atoms with Crippen LogP contribution in [0, 0.1) is 23.0 Å². The summed E-state index contributed by atoms with van der Waals surface area (Å²) in [7, 11) is -3.59. The van der Waals surface area contributed by atoms with Gasteiger partial charge in [0.05, 0.1) is 15.5 Å². The topological polar surface area (TPSA) is 92.5 Å². The Bertz CT molecular complexity index is 1010. The largest absolute Gasteiger partial charge is 0.384 e. The number of nitrogens with zero attached hydrogens (tertiary/aromatic N) is 2. The smallest absolute Gasteiger partial charge is 0.270 e. The minimum absolute atomic E-state index is 0.0535. The Labute approximate surface area is 169 Å². The lowest BCUT2D eigenvalue weighted by Crippen LogP contribution is -2.23. The molecule has 1 unspecified atom stereocenters. The molecule has 0 bridgehead atoms. The van der Waals surface area contributed by atoms with E-state index in [1.54, 1.807) is 0 Å². The van der Waals surface area contributed by atoms with Crippen molar-refractivity contribution in [2.75, 3.05) is 36.1 Å². The van der Waals surface area contributed by atoms with Crippen LogP contribution < -0.4 is 10.2 Å². The Balaban J connectivity index is 1.71. The first-order valence-electron chi connectivity index (χ1n) is 8.88. The number of nitro groups is 1. The third-order valence-electron chi connectivity index (χ3n) is 4.95. The van der Waals surface area contributed by atoms with E-state index in [4.69, 9.17) is 11.6 Å². The van der Waals surface area contributed by atoms with E-state index in [0.717, 1.165) is 43.1 Å². The molecule has 1 fully saturated rings. The molecule has 0 spiro atoms. The predicted octanol–water partition coefficient (Wildman–Crippen LogP) is 3.90. The normalized spacial score (nSPS) is 17.0. The maximum absolute atomic E-state index is 12.0. The van der Waals surface area contributed by atoms with Gasteiger partial charge in [-0.1, -0.05) is 17.7 Å². The lowest BCUT2D eigenvalue weighted by molar-refractivity contribution is -0.385. The third-order valence-corrected chi connectivity index (χ3v) is 6.33. The lowest BCUT2D eigenvalue weighted by atomic mass is 10.1. The highest BCUT2D eigenvalue weighted by Crippen LogP contribution is 2.31. The number of hydrogen-bond donors (Lipinski definition) is 1. The summed E-state index contributed by atoms with van der Waals surface area (Å²) in [5.74, 6) is 0.320. The zero-order valence-corrected chi connectivity index (χ0v) is 17.3. The van der Waals surface area contributed by atoms with Crippen LogP contribution in [0.4, 0.5) is 17.1 Å². The molecule has 1 aliphatic heterocycles. The molecule has 2 aromatic carbocycles. The zero-order valence-electron chi connectivity index (χ0n) is 15.7. The van der Waals surface area contributed by atoms with E-state index in [-0.39, 0.29) is 10.6 Å². The molecule has 1 heterocycles. The summed E-state index contributed by atoms with van der Waals surface area (Å²) in [6.07, 6.45) is 2.01.